The number of hydrogen-bond acceptors (Lipinski definition) is 5. The molecule has 214 valence electrons. The molecule has 0 saturated heterocycles. The molecule has 0 aromatic heterocycles. The van der Waals surface area contributed by atoms with Crippen molar-refractivity contribution < 1.29 is 22.7 Å². The number of nitrogens with zero attached hydrogens (tertiary/aromatic N) is 2. The van der Waals surface area contributed by atoms with Crippen molar-refractivity contribution in [3.05, 3.63) is 88.4 Å². The van der Waals surface area contributed by atoms with Crippen LogP contribution in [0.5, 0.6) is 5.75 Å². The summed E-state index contributed by atoms with van der Waals surface area (Å²) in [6, 6.07) is 18.2. The average Bonchev–Trinajstić information content (AvgIpc) is 2.94. The third kappa shape index (κ3) is 7.68. The summed E-state index contributed by atoms with van der Waals surface area (Å²) in [5, 5.41) is 3.49. The van der Waals surface area contributed by atoms with Crippen LogP contribution in [0.25, 0.3) is 0 Å². The van der Waals surface area contributed by atoms with E-state index in [2.05, 4.69) is 5.32 Å². The van der Waals surface area contributed by atoms with Gasteiger partial charge < -0.3 is 15.0 Å². The number of benzene rings is 3. The van der Waals surface area contributed by atoms with Gasteiger partial charge in [0.2, 0.25) is 11.8 Å². The van der Waals surface area contributed by atoms with Gasteiger partial charge >= 0.3 is 0 Å². The molecule has 0 aliphatic carbocycles. The predicted octanol–water partition coefficient (Wildman–Crippen LogP) is 5.39. The minimum atomic E-state index is -4.19. The lowest BCUT2D eigenvalue weighted by atomic mass is 10.1. The third-order valence-electron chi connectivity index (χ3n) is 6.21. The Kier molecular flexibility index (Phi) is 10.8. The van der Waals surface area contributed by atoms with Gasteiger partial charge in [-0.2, -0.15) is 0 Å². The first-order chi connectivity index (χ1) is 18.9. The molecule has 0 unspecified atom stereocenters. The Morgan fingerprint density at radius 2 is 1.50 bits per heavy atom. The Hall–Kier alpha value is -3.27. The molecule has 1 N–H and O–H groups in total. The molecule has 0 radical (unpaired) electrons. The van der Waals surface area contributed by atoms with E-state index in [1.807, 2.05) is 13.8 Å². The van der Waals surface area contributed by atoms with Crippen molar-refractivity contribution in [2.24, 2.45) is 5.92 Å². The smallest absolute Gasteiger partial charge is 0.264 e. The van der Waals surface area contributed by atoms with Crippen LogP contribution in [0.2, 0.25) is 10.0 Å². The molecule has 0 fully saturated rings. The molecule has 0 spiro atoms. The lowest BCUT2D eigenvalue weighted by molar-refractivity contribution is -0.139. The van der Waals surface area contributed by atoms with Crippen LogP contribution in [-0.4, -0.2) is 51.4 Å². The van der Waals surface area contributed by atoms with Crippen molar-refractivity contribution in [3.63, 3.8) is 0 Å². The Morgan fingerprint density at radius 1 is 0.900 bits per heavy atom. The normalized spacial score (nSPS) is 12.1. The van der Waals surface area contributed by atoms with Crippen LogP contribution in [0.15, 0.2) is 77.7 Å². The molecule has 11 heteroatoms. The van der Waals surface area contributed by atoms with Crippen molar-refractivity contribution in [1.82, 2.24) is 10.2 Å². The Labute approximate surface area is 245 Å². The zero-order valence-corrected chi connectivity index (χ0v) is 25.1. The highest BCUT2D eigenvalue weighted by molar-refractivity contribution is 7.92. The van der Waals surface area contributed by atoms with E-state index in [1.54, 1.807) is 55.5 Å². The van der Waals surface area contributed by atoms with Crippen LogP contribution in [0.1, 0.15) is 26.3 Å². The molecule has 0 heterocycles. The standard InChI is InChI=1S/C29H33Cl2N3O5S/c1-20(2)17-32-29(36)21(3)33(18-25-26(30)11-8-12-27(25)31)28(35)19-34(22-9-6-5-7-10-22)40(37,38)24-15-13-23(39-4)14-16-24/h5-16,20-21H,17-19H2,1-4H3,(H,32,36)/t21-/m1/s1. The molecular weight excluding hydrogens is 573 g/mol. The monoisotopic (exact) mass is 605 g/mol. The van der Waals surface area contributed by atoms with Gasteiger partial charge in [-0.15, -0.1) is 0 Å². The summed E-state index contributed by atoms with van der Waals surface area (Å²) in [7, 11) is -2.70. The SMILES string of the molecule is COc1ccc(S(=O)(=O)N(CC(=O)N(Cc2c(Cl)cccc2Cl)[C@H](C)C(=O)NCC(C)C)c2ccccc2)cc1. The molecule has 0 bridgehead atoms. The maximum Gasteiger partial charge on any atom is 0.264 e. The number of hydrogen-bond donors (Lipinski definition) is 1. The molecule has 3 aromatic carbocycles. The van der Waals surface area contributed by atoms with Crippen LogP contribution < -0.4 is 14.4 Å². The average molecular weight is 607 g/mol. The van der Waals surface area contributed by atoms with E-state index in [0.717, 1.165) is 4.31 Å². The van der Waals surface area contributed by atoms with Crippen LogP contribution in [0, 0.1) is 5.92 Å². The summed E-state index contributed by atoms with van der Waals surface area (Å²) in [5.41, 5.74) is 0.742. The first kappa shape index (κ1) is 31.3. The predicted molar refractivity (Wildman–Crippen MR) is 158 cm³/mol. The molecule has 1 atom stereocenters. The number of carbonyl (C=O) groups is 2. The summed E-state index contributed by atoms with van der Waals surface area (Å²) in [4.78, 5) is 28.3. The van der Waals surface area contributed by atoms with Gasteiger partial charge in [-0.25, -0.2) is 8.42 Å². The molecule has 40 heavy (non-hydrogen) atoms. The number of amides is 2. The number of sulfonamides is 1. The maximum absolute atomic E-state index is 14.0. The van der Waals surface area contributed by atoms with Gasteiger partial charge in [0.05, 0.1) is 17.7 Å². The second-order valence-corrected chi connectivity index (χ2v) is 12.2. The highest BCUT2D eigenvalue weighted by atomic mass is 35.5. The highest BCUT2D eigenvalue weighted by Gasteiger charge is 2.33. The second kappa shape index (κ2) is 13.9. The molecule has 0 saturated carbocycles. The van der Waals surface area contributed by atoms with E-state index in [9.17, 15) is 18.0 Å². The number of rotatable bonds is 12. The third-order valence-corrected chi connectivity index (χ3v) is 8.71. The van der Waals surface area contributed by atoms with Crippen molar-refractivity contribution >= 4 is 50.7 Å². The summed E-state index contributed by atoms with van der Waals surface area (Å²) in [6.07, 6.45) is 0. The lowest BCUT2D eigenvalue weighted by Gasteiger charge is -2.32. The molecule has 0 aliphatic heterocycles. The van der Waals surface area contributed by atoms with Crippen molar-refractivity contribution in [3.8, 4) is 5.75 Å². The van der Waals surface area contributed by atoms with Gasteiger partial charge in [0.15, 0.2) is 0 Å². The van der Waals surface area contributed by atoms with Crippen molar-refractivity contribution in [1.29, 1.82) is 0 Å². The zero-order chi connectivity index (χ0) is 29.4. The van der Waals surface area contributed by atoms with E-state index >= 15 is 0 Å². The van der Waals surface area contributed by atoms with Crippen molar-refractivity contribution in [2.45, 2.75) is 38.3 Å². The zero-order valence-electron chi connectivity index (χ0n) is 22.8. The van der Waals surface area contributed by atoms with Gasteiger partial charge in [-0.3, -0.25) is 13.9 Å². The number of para-hydroxylation sites is 1. The number of methoxy groups -OCH3 is 1. The lowest BCUT2D eigenvalue weighted by Crippen LogP contribution is -2.51. The van der Waals surface area contributed by atoms with Gasteiger partial charge in [-0.05, 0) is 61.4 Å². The molecule has 0 aliphatic rings. The highest BCUT2D eigenvalue weighted by Crippen LogP contribution is 2.28. The number of carbonyl (C=O) groups excluding carboxylic acids is 2. The summed E-state index contributed by atoms with van der Waals surface area (Å²) in [6.45, 7) is 5.25. The molecule has 3 aromatic rings. The van der Waals surface area contributed by atoms with Gasteiger partial charge in [-0.1, -0.05) is 61.3 Å². The van der Waals surface area contributed by atoms with Gasteiger partial charge in [0.1, 0.15) is 18.3 Å². The van der Waals surface area contributed by atoms with Crippen LogP contribution >= 0.6 is 23.2 Å². The summed E-state index contributed by atoms with van der Waals surface area (Å²) < 4.78 is 33.8. The number of nitrogens with one attached hydrogen (secondary N) is 1. The largest absolute Gasteiger partial charge is 0.497 e. The fraction of sp³-hybridized carbons (Fsp3) is 0.310. The number of anilines is 1. The van der Waals surface area contributed by atoms with Crippen molar-refractivity contribution in [2.75, 3.05) is 24.5 Å². The van der Waals surface area contributed by atoms with Gasteiger partial charge in [0, 0.05) is 28.7 Å². The van der Waals surface area contributed by atoms with E-state index in [4.69, 9.17) is 27.9 Å². The Balaban J connectivity index is 2.02. The molecule has 8 nitrogen and oxygen atoms in total. The molecule has 2 amide bonds. The maximum atomic E-state index is 14.0. The molecular formula is C29H33Cl2N3O5S. The Morgan fingerprint density at radius 3 is 2.05 bits per heavy atom. The minimum Gasteiger partial charge on any atom is -0.497 e. The van der Waals surface area contributed by atoms with Gasteiger partial charge in [0.25, 0.3) is 10.0 Å². The van der Waals surface area contributed by atoms with Crippen LogP contribution in [0.4, 0.5) is 5.69 Å². The van der Waals surface area contributed by atoms with E-state index in [-0.39, 0.29) is 23.3 Å². The van der Waals surface area contributed by atoms with E-state index in [1.165, 1.54) is 36.3 Å². The van der Waals surface area contributed by atoms with Crippen LogP contribution in [-0.2, 0) is 26.2 Å². The fourth-order valence-corrected chi connectivity index (χ4v) is 5.82. The molecule has 3 rings (SSSR count). The van der Waals surface area contributed by atoms with Crippen LogP contribution in [0.3, 0.4) is 0 Å². The second-order valence-electron chi connectivity index (χ2n) is 9.56. The fourth-order valence-electron chi connectivity index (χ4n) is 3.89. The first-order valence-corrected chi connectivity index (χ1v) is 14.9. The minimum absolute atomic E-state index is 0.0200. The number of ether oxygens (including phenoxy) is 1. The quantitative estimate of drug-likeness (QED) is 0.299. The summed E-state index contributed by atoms with van der Waals surface area (Å²) >= 11 is 12.8. The topological polar surface area (TPSA) is 96.0 Å². The first-order valence-electron chi connectivity index (χ1n) is 12.7. The Bertz CT molecular complexity index is 1400. The van der Waals surface area contributed by atoms with E-state index < -0.39 is 28.5 Å². The summed E-state index contributed by atoms with van der Waals surface area (Å²) in [5.74, 6) is -0.300. The van der Waals surface area contributed by atoms with E-state index in [0.29, 0.717) is 33.6 Å². The number of halogens is 2.